The lowest BCUT2D eigenvalue weighted by Gasteiger charge is -2.35. The van der Waals surface area contributed by atoms with Crippen molar-refractivity contribution in [1.29, 1.82) is 0 Å². The minimum Gasteiger partial charge on any atom is -0.326 e. The summed E-state index contributed by atoms with van der Waals surface area (Å²) in [5.74, 6) is 0.550. The molecule has 2 N–H and O–H groups in total. The van der Waals surface area contributed by atoms with Gasteiger partial charge in [-0.3, -0.25) is 4.90 Å². The van der Waals surface area contributed by atoms with Crippen molar-refractivity contribution in [2.75, 3.05) is 13.1 Å². The highest BCUT2D eigenvalue weighted by Gasteiger charge is 2.23. The summed E-state index contributed by atoms with van der Waals surface area (Å²) in [4.78, 5) is 2.25. The molecule has 1 aromatic rings. The molecule has 2 atom stereocenters. The van der Waals surface area contributed by atoms with E-state index in [-0.39, 0.29) is 11.6 Å². The highest BCUT2D eigenvalue weighted by molar-refractivity contribution is 5.24. The van der Waals surface area contributed by atoms with Gasteiger partial charge in [-0.25, -0.2) is 8.78 Å². The molecule has 0 saturated carbocycles. The van der Waals surface area contributed by atoms with Crippen LogP contribution < -0.4 is 5.73 Å². The van der Waals surface area contributed by atoms with Crippen LogP contribution in [0.1, 0.15) is 30.9 Å². The number of hydrogen-bond acceptors (Lipinski definition) is 2. The molecule has 0 spiro atoms. The molecule has 1 aliphatic rings. The third kappa shape index (κ3) is 3.27. The Morgan fingerprint density at radius 1 is 1.44 bits per heavy atom. The average Bonchev–Trinajstić information content (AvgIpc) is 2.34. The lowest BCUT2D eigenvalue weighted by Crippen LogP contribution is -2.47. The molecule has 18 heavy (non-hydrogen) atoms. The first kappa shape index (κ1) is 13.4. The normalized spacial score (nSPS) is 25.6. The van der Waals surface area contributed by atoms with E-state index in [1.165, 1.54) is 6.07 Å². The maximum atomic E-state index is 12.6. The van der Waals surface area contributed by atoms with Gasteiger partial charge in [-0.05, 0) is 30.5 Å². The summed E-state index contributed by atoms with van der Waals surface area (Å²) in [5.41, 5.74) is 7.08. The molecule has 1 aliphatic heterocycles. The van der Waals surface area contributed by atoms with E-state index in [1.807, 2.05) is 6.07 Å². The van der Waals surface area contributed by atoms with E-state index >= 15 is 0 Å². The second-order valence-corrected chi connectivity index (χ2v) is 5.21. The van der Waals surface area contributed by atoms with E-state index in [9.17, 15) is 8.78 Å². The predicted octanol–water partition coefficient (Wildman–Crippen LogP) is 2.79. The van der Waals surface area contributed by atoms with Gasteiger partial charge in [-0.2, -0.15) is 0 Å². The van der Waals surface area contributed by atoms with Gasteiger partial charge < -0.3 is 5.73 Å². The van der Waals surface area contributed by atoms with Crippen LogP contribution in [0.25, 0.3) is 0 Å². The Kier molecular flexibility index (Phi) is 4.30. The zero-order valence-electron chi connectivity index (χ0n) is 10.7. The van der Waals surface area contributed by atoms with Crippen molar-refractivity contribution in [3.63, 3.8) is 0 Å². The number of rotatable bonds is 3. The molecule has 100 valence electrons. The van der Waals surface area contributed by atoms with Crippen LogP contribution in [0.3, 0.4) is 0 Å². The third-order valence-corrected chi connectivity index (χ3v) is 3.71. The van der Waals surface area contributed by atoms with Gasteiger partial charge in [0.15, 0.2) is 0 Å². The summed E-state index contributed by atoms with van der Waals surface area (Å²) < 4.78 is 25.2. The number of likely N-dealkylation sites (tertiary alicyclic amines) is 1. The number of benzene rings is 1. The number of alkyl halides is 2. The van der Waals surface area contributed by atoms with Crippen molar-refractivity contribution in [2.45, 2.75) is 32.4 Å². The Morgan fingerprint density at radius 3 is 2.89 bits per heavy atom. The first-order valence-electron chi connectivity index (χ1n) is 6.41. The Morgan fingerprint density at radius 2 is 2.22 bits per heavy atom. The zero-order valence-corrected chi connectivity index (χ0v) is 10.7. The van der Waals surface area contributed by atoms with E-state index in [4.69, 9.17) is 5.73 Å². The quantitative estimate of drug-likeness (QED) is 0.898. The van der Waals surface area contributed by atoms with Crippen LogP contribution in [0.5, 0.6) is 0 Å². The standard InChI is InChI=1S/C14H20F2N2/c1-10-5-6-18(9-13(10)17)8-11-3-2-4-12(7-11)14(15)16/h2-4,7,10,13-14H,5-6,8-9,17H2,1H3. The van der Waals surface area contributed by atoms with Crippen molar-refractivity contribution >= 4 is 0 Å². The van der Waals surface area contributed by atoms with Gasteiger partial charge in [-0.1, -0.05) is 25.1 Å². The molecule has 0 radical (unpaired) electrons. The van der Waals surface area contributed by atoms with Crippen LogP contribution in [0.15, 0.2) is 24.3 Å². The first-order chi connectivity index (χ1) is 8.56. The summed E-state index contributed by atoms with van der Waals surface area (Å²) in [7, 11) is 0. The van der Waals surface area contributed by atoms with Crippen LogP contribution in [-0.4, -0.2) is 24.0 Å². The molecule has 1 heterocycles. The summed E-state index contributed by atoms with van der Waals surface area (Å²) in [6.07, 6.45) is -1.32. The van der Waals surface area contributed by atoms with Crippen LogP contribution in [0, 0.1) is 5.92 Å². The minimum atomic E-state index is -2.39. The monoisotopic (exact) mass is 254 g/mol. The highest BCUT2D eigenvalue weighted by atomic mass is 19.3. The lowest BCUT2D eigenvalue weighted by atomic mass is 9.94. The second-order valence-electron chi connectivity index (χ2n) is 5.21. The van der Waals surface area contributed by atoms with Crippen LogP contribution in [0.2, 0.25) is 0 Å². The smallest absolute Gasteiger partial charge is 0.263 e. The molecule has 2 nitrogen and oxygen atoms in total. The van der Waals surface area contributed by atoms with Crippen LogP contribution in [-0.2, 0) is 6.54 Å². The minimum absolute atomic E-state index is 0.0992. The van der Waals surface area contributed by atoms with Gasteiger partial charge in [0.2, 0.25) is 0 Å². The number of halogens is 2. The molecule has 1 saturated heterocycles. The van der Waals surface area contributed by atoms with Gasteiger partial charge in [0.1, 0.15) is 0 Å². The maximum absolute atomic E-state index is 12.6. The molecule has 4 heteroatoms. The first-order valence-corrected chi connectivity index (χ1v) is 6.41. The van der Waals surface area contributed by atoms with Crippen LogP contribution in [0.4, 0.5) is 8.78 Å². The van der Waals surface area contributed by atoms with E-state index in [0.717, 1.165) is 25.1 Å². The SMILES string of the molecule is CC1CCN(Cc2cccc(C(F)F)c2)CC1N. The maximum Gasteiger partial charge on any atom is 0.263 e. The fourth-order valence-electron chi connectivity index (χ4n) is 2.40. The number of piperidine rings is 1. The fraction of sp³-hybridized carbons (Fsp3) is 0.571. The Balaban J connectivity index is 1.99. The molecule has 2 rings (SSSR count). The topological polar surface area (TPSA) is 29.3 Å². The summed E-state index contributed by atoms with van der Waals surface area (Å²) >= 11 is 0. The average molecular weight is 254 g/mol. The summed E-state index contributed by atoms with van der Waals surface area (Å²) in [6, 6.07) is 6.85. The van der Waals surface area contributed by atoms with Gasteiger partial charge >= 0.3 is 0 Å². The number of hydrogen-bond donors (Lipinski definition) is 1. The van der Waals surface area contributed by atoms with E-state index in [1.54, 1.807) is 12.1 Å². The molecule has 0 aromatic heterocycles. The zero-order chi connectivity index (χ0) is 13.1. The summed E-state index contributed by atoms with van der Waals surface area (Å²) in [5, 5.41) is 0. The fourth-order valence-corrected chi connectivity index (χ4v) is 2.40. The molecule has 1 aromatic carbocycles. The summed E-state index contributed by atoms with van der Waals surface area (Å²) in [6.45, 7) is 4.72. The Hall–Kier alpha value is -1.00. The van der Waals surface area contributed by atoms with Crippen molar-refractivity contribution in [3.05, 3.63) is 35.4 Å². The highest BCUT2D eigenvalue weighted by Crippen LogP contribution is 2.22. The largest absolute Gasteiger partial charge is 0.326 e. The second kappa shape index (κ2) is 5.76. The van der Waals surface area contributed by atoms with Gasteiger partial charge in [0.05, 0.1) is 0 Å². The van der Waals surface area contributed by atoms with Crippen LogP contribution >= 0.6 is 0 Å². The molecule has 0 aliphatic carbocycles. The van der Waals surface area contributed by atoms with Crippen molar-refractivity contribution in [2.24, 2.45) is 11.7 Å². The Labute approximate surface area is 107 Å². The third-order valence-electron chi connectivity index (χ3n) is 3.71. The molecule has 0 bridgehead atoms. The van der Waals surface area contributed by atoms with E-state index in [2.05, 4.69) is 11.8 Å². The lowest BCUT2D eigenvalue weighted by molar-refractivity contribution is 0.150. The van der Waals surface area contributed by atoms with Gasteiger partial charge in [0, 0.05) is 24.7 Å². The molecular formula is C14H20F2N2. The number of nitrogens with two attached hydrogens (primary N) is 1. The van der Waals surface area contributed by atoms with E-state index < -0.39 is 6.43 Å². The van der Waals surface area contributed by atoms with Crippen molar-refractivity contribution in [1.82, 2.24) is 4.90 Å². The molecule has 0 amide bonds. The van der Waals surface area contributed by atoms with Crippen molar-refractivity contribution < 1.29 is 8.78 Å². The van der Waals surface area contributed by atoms with E-state index in [0.29, 0.717) is 12.5 Å². The number of nitrogens with zero attached hydrogens (tertiary/aromatic N) is 1. The Bertz CT molecular complexity index is 395. The molecule has 1 fully saturated rings. The van der Waals surface area contributed by atoms with Gasteiger partial charge in [-0.15, -0.1) is 0 Å². The van der Waals surface area contributed by atoms with Crippen molar-refractivity contribution in [3.8, 4) is 0 Å². The predicted molar refractivity (Wildman–Crippen MR) is 68.4 cm³/mol. The molecule has 2 unspecified atom stereocenters. The molecular weight excluding hydrogens is 234 g/mol. The van der Waals surface area contributed by atoms with Gasteiger partial charge in [0.25, 0.3) is 6.43 Å².